The van der Waals surface area contributed by atoms with Crippen LogP contribution in [0.25, 0.3) is 11.6 Å². The molecule has 6 rings (SSSR count). The Bertz CT molecular complexity index is 1360. The summed E-state index contributed by atoms with van der Waals surface area (Å²) in [5.41, 5.74) is 4.64. The second kappa shape index (κ2) is 7.12. The second-order valence-corrected chi connectivity index (χ2v) is 9.13. The quantitative estimate of drug-likeness (QED) is 0.651. The average Bonchev–Trinajstić information content (AvgIpc) is 3.57. The molecule has 0 bridgehead atoms. The minimum atomic E-state index is -0.630. The van der Waals surface area contributed by atoms with Gasteiger partial charge < -0.3 is 14.3 Å². The number of nitrogens with zero attached hydrogens (tertiary/aromatic N) is 8. The maximum atomic E-state index is 13.5. The van der Waals surface area contributed by atoms with Crippen LogP contribution in [0, 0.1) is 0 Å². The van der Waals surface area contributed by atoms with Gasteiger partial charge in [0.25, 0.3) is 5.89 Å². The molecule has 6 heterocycles. The molecule has 0 aliphatic carbocycles. The second-order valence-electron chi connectivity index (χ2n) is 7.59. The molecule has 11 nitrogen and oxygen atoms in total. The highest BCUT2D eigenvalue weighted by molar-refractivity contribution is 7.90. The van der Waals surface area contributed by atoms with Crippen LogP contribution in [-0.4, -0.2) is 52.3 Å². The van der Waals surface area contributed by atoms with Crippen LogP contribution in [-0.2, 0) is 24.2 Å². The SMILES string of the molecule is CC1=CC=CN2N=S([C@H]3c4nc[nH]c4CCN3C(=O)c3nnc(-c4ccnn4C)o3)C=C12. The van der Waals surface area contributed by atoms with Crippen molar-refractivity contribution in [2.24, 2.45) is 11.5 Å². The number of carbonyl (C=O) groups excluding carboxylic acids is 1. The van der Waals surface area contributed by atoms with Gasteiger partial charge in [-0.3, -0.25) is 9.48 Å². The third kappa shape index (κ3) is 2.87. The van der Waals surface area contributed by atoms with Crippen molar-refractivity contribution < 1.29 is 9.21 Å². The van der Waals surface area contributed by atoms with Crippen molar-refractivity contribution in [1.82, 2.24) is 39.9 Å². The largest absolute Gasteiger partial charge is 0.411 e. The minimum absolute atomic E-state index is 0.0608. The lowest BCUT2D eigenvalue weighted by Crippen LogP contribution is -2.41. The first kappa shape index (κ1) is 18.9. The van der Waals surface area contributed by atoms with Gasteiger partial charge in [-0.15, -0.1) is 14.7 Å². The molecule has 2 atom stereocenters. The van der Waals surface area contributed by atoms with E-state index in [2.05, 4.69) is 30.7 Å². The van der Waals surface area contributed by atoms with Crippen molar-refractivity contribution in [3.8, 4) is 11.6 Å². The molecule has 1 amide bonds. The van der Waals surface area contributed by atoms with Crippen molar-refractivity contribution >= 4 is 16.6 Å². The Labute approximate surface area is 185 Å². The fourth-order valence-electron chi connectivity index (χ4n) is 4.00. The third-order valence-corrected chi connectivity index (χ3v) is 7.41. The Kier molecular flexibility index (Phi) is 4.21. The monoisotopic (exact) mass is 449 g/mol. The Balaban J connectivity index is 1.38. The first-order valence-corrected chi connectivity index (χ1v) is 11.4. The summed E-state index contributed by atoms with van der Waals surface area (Å²) in [6.45, 7) is 2.54. The Morgan fingerprint density at radius 2 is 2.25 bits per heavy atom. The fraction of sp³-hybridized carbons (Fsp3) is 0.250. The van der Waals surface area contributed by atoms with Crippen LogP contribution in [0.5, 0.6) is 0 Å². The molecule has 0 saturated heterocycles. The number of imidazole rings is 1. The van der Waals surface area contributed by atoms with Gasteiger partial charge in [0.1, 0.15) is 11.1 Å². The molecule has 162 valence electrons. The highest BCUT2D eigenvalue weighted by atomic mass is 32.2. The molecule has 0 spiro atoms. The highest BCUT2D eigenvalue weighted by Crippen LogP contribution is 2.38. The maximum Gasteiger partial charge on any atom is 0.312 e. The number of aromatic amines is 1. The lowest BCUT2D eigenvalue weighted by molar-refractivity contribution is 0.0684. The maximum absolute atomic E-state index is 13.5. The van der Waals surface area contributed by atoms with Crippen molar-refractivity contribution in [3.05, 3.63) is 70.9 Å². The predicted octanol–water partition coefficient (Wildman–Crippen LogP) is 2.24. The van der Waals surface area contributed by atoms with Crippen LogP contribution < -0.4 is 0 Å². The first-order chi connectivity index (χ1) is 15.6. The van der Waals surface area contributed by atoms with Crippen LogP contribution in [0.1, 0.15) is 34.4 Å². The molecular formula is C20H19N9O2S. The van der Waals surface area contributed by atoms with Crippen molar-refractivity contribution in [1.29, 1.82) is 0 Å². The zero-order chi connectivity index (χ0) is 21.8. The summed E-state index contributed by atoms with van der Waals surface area (Å²) in [7, 11) is 1.14. The molecule has 0 fully saturated rings. The Hall–Kier alpha value is -3.80. The first-order valence-electron chi connectivity index (χ1n) is 10.1. The summed E-state index contributed by atoms with van der Waals surface area (Å²) in [4.78, 5) is 23.0. The summed E-state index contributed by atoms with van der Waals surface area (Å²) in [5.74, 6) is -0.145. The van der Waals surface area contributed by atoms with Gasteiger partial charge in [0.05, 0.1) is 17.7 Å². The van der Waals surface area contributed by atoms with Gasteiger partial charge in [0.15, 0.2) is 0 Å². The number of aromatic nitrogens is 6. The number of carbonyl (C=O) groups is 1. The van der Waals surface area contributed by atoms with Gasteiger partial charge in [-0.25, -0.2) is 9.99 Å². The molecular weight excluding hydrogens is 430 g/mol. The number of nitrogens with one attached hydrogen (secondary N) is 1. The summed E-state index contributed by atoms with van der Waals surface area (Å²) < 4.78 is 12.2. The Morgan fingerprint density at radius 1 is 1.34 bits per heavy atom. The van der Waals surface area contributed by atoms with Gasteiger partial charge in [-0.1, -0.05) is 6.08 Å². The molecule has 3 aliphatic heterocycles. The van der Waals surface area contributed by atoms with E-state index >= 15 is 0 Å². The van der Waals surface area contributed by atoms with E-state index in [1.165, 1.54) is 0 Å². The fourth-order valence-corrected chi connectivity index (χ4v) is 6.02. The molecule has 3 aromatic heterocycles. The van der Waals surface area contributed by atoms with E-state index in [0.717, 1.165) is 22.7 Å². The number of fused-ring (bicyclic) bond motifs is 2. The van der Waals surface area contributed by atoms with Crippen molar-refractivity contribution in [2.75, 3.05) is 6.54 Å². The molecule has 0 aromatic carbocycles. The number of allylic oxidation sites excluding steroid dienone is 3. The number of aryl methyl sites for hydroxylation is 1. The molecule has 0 saturated carbocycles. The zero-order valence-corrected chi connectivity index (χ0v) is 18.2. The highest BCUT2D eigenvalue weighted by Gasteiger charge is 2.39. The molecule has 0 radical (unpaired) electrons. The van der Waals surface area contributed by atoms with Crippen LogP contribution in [0.3, 0.4) is 0 Å². The third-order valence-electron chi connectivity index (χ3n) is 5.65. The van der Waals surface area contributed by atoms with Gasteiger partial charge in [0.2, 0.25) is 0 Å². The van der Waals surface area contributed by atoms with Gasteiger partial charge >= 0.3 is 11.8 Å². The molecule has 1 unspecified atom stereocenters. The Morgan fingerprint density at radius 3 is 3.06 bits per heavy atom. The molecule has 3 aliphatic rings. The van der Waals surface area contributed by atoms with Crippen LogP contribution in [0.15, 0.2) is 62.5 Å². The topological polar surface area (TPSA) is 121 Å². The normalized spacial score (nSPS) is 21.7. The smallest absolute Gasteiger partial charge is 0.312 e. The summed E-state index contributed by atoms with van der Waals surface area (Å²) in [6.07, 6.45) is 9.90. The predicted molar refractivity (Wildman–Crippen MR) is 115 cm³/mol. The minimum Gasteiger partial charge on any atom is -0.411 e. The standard InChI is InChI=1S/C20H19N9O2S/c1-12-4-3-8-29-15(12)10-32(26-29)20-16-13(21-11-22-16)6-9-28(20)19(30)18-25-24-17(31-18)14-5-7-23-27(14)2/h3-5,7-8,10-11,20H,6,9H2,1-2H3,(H,21,22)/t20-,32?/m0/s1. The van der Waals surface area contributed by atoms with Gasteiger partial charge in [-0.05, 0) is 35.3 Å². The van der Waals surface area contributed by atoms with E-state index in [-0.39, 0.29) is 23.1 Å². The zero-order valence-electron chi connectivity index (χ0n) is 17.3. The number of hydrogen-bond donors (Lipinski definition) is 1. The van der Waals surface area contributed by atoms with Crippen LogP contribution >= 0.6 is 0 Å². The number of H-pyrrole nitrogens is 1. The lowest BCUT2D eigenvalue weighted by Gasteiger charge is -2.33. The van der Waals surface area contributed by atoms with E-state index in [4.69, 9.17) is 8.89 Å². The van der Waals surface area contributed by atoms with E-state index in [1.54, 1.807) is 35.2 Å². The number of hydrogen-bond acceptors (Lipinski definition) is 8. The summed E-state index contributed by atoms with van der Waals surface area (Å²) in [5, 5.41) is 15.8. The molecule has 1 N–H and O–H groups in total. The van der Waals surface area contributed by atoms with E-state index in [0.29, 0.717) is 18.7 Å². The summed E-state index contributed by atoms with van der Waals surface area (Å²) in [6, 6.07) is 1.76. The molecule has 32 heavy (non-hydrogen) atoms. The number of rotatable bonds is 3. The van der Waals surface area contributed by atoms with E-state index < -0.39 is 10.7 Å². The van der Waals surface area contributed by atoms with Gasteiger partial charge in [0, 0.05) is 43.5 Å². The van der Waals surface area contributed by atoms with Crippen LogP contribution in [0.4, 0.5) is 0 Å². The van der Waals surface area contributed by atoms with E-state index in [9.17, 15) is 4.79 Å². The summed E-state index contributed by atoms with van der Waals surface area (Å²) >= 11 is 0. The number of amides is 1. The lowest BCUT2D eigenvalue weighted by atomic mass is 10.1. The van der Waals surface area contributed by atoms with Crippen molar-refractivity contribution in [3.63, 3.8) is 0 Å². The van der Waals surface area contributed by atoms with E-state index in [1.807, 2.05) is 30.3 Å². The van der Waals surface area contributed by atoms with Gasteiger partial charge in [-0.2, -0.15) is 5.10 Å². The van der Waals surface area contributed by atoms with Crippen LogP contribution in [0.2, 0.25) is 0 Å². The average molecular weight is 450 g/mol. The van der Waals surface area contributed by atoms with Crippen molar-refractivity contribution in [2.45, 2.75) is 18.7 Å². The molecule has 12 heteroatoms. The molecule has 3 aromatic rings.